The van der Waals surface area contributed by atoms with Crippen LogP contribution in [0, 0.1) is 0 Å². The van der Waals surface area contributed by atoms with Gasteiger partial charge < -0.3 is 15.7 Å². The summed E-state index contributed by atoms with van der Waals surface area (Å²) in [6.07, 6.45) is 0.872. The standard InChI is InChI=1S/C38H32N4O3/c43-37(41-34(38(44)45)25-27-17-21-31(22-18-27)29-11-5-2-6-12-29)36-40-33-14-8-7-13-32(33)35(42-36)39-24-23-26-15-19-30(20-16-26)28-9-3-1-4-10-28/h1-22,34H,23-25H2,(H,41,43)(H,44,45)(H,39,40,42)/t34-/m0/s1. The molecule has 0 aliphatic heterocycles. The Hall–Kier alpha value is -5.82. The molecular formula is C38H32N4O3. The third-order valence-corrected chi connectivity index (χ3v) is 7.68. The van der Waals surface area contributed by atoms with E-state index in [2.05, 4.69) is 57.0 Å². The molecule has 0 saturated carbocycles. The average molecular weight is 593 g/mol. The minimum Gasteiger partial charge on any atom is -0.480 e. The van der Waals surface area contributed by atoms with Crippen LogP contribution in [0.1, 0.15) is 21.7 Å². The molecule has 0 bridgehead atoms. The molecule has 6 rings (SSSR count). The molecule has 0 aliphatic carbocycles. The Morgan fingerprint density at radius 2 is 1.16 bits per heavy atom. The molecule has 1 aromatic heterocycles. The van der Waals surface area contributed by atoms with Crippen molar-refractivity contribution in [2.24, 2.45) is 0 Å². The Kier molecular flexibility index (Phi) is 8.88. The number of carboxylic acids is 1. The first kappa shape index (κ1) is 29.3. The van der Waals surface area contributed by atoms with Crippen molar-refractivity contribution in [3.05, 3.63) is 150 Å². The van der Waals surface area contributed by atoms with Gasteiger partial charge in [-0.2, -0.15) is 0 Å². The van der Waals surface area contributed by atoms with Gasteiger partial charge in [0.05, 0.1) is 5.52 Å². The number of nitrogens with zero attached hydrogens (tertiary/aromatic N) is 2. The van der Waals surface area contributed by atoms with Gasteiger partial charge in [-0.15, -0.1) is 0 Å². The molecule has 0 aliphatic rings. The van der Waals surface area contributed by atoms with Gasteiger partial charge in [0, 0.05) is 18.4 Å². The summed E-state index contributed by atoms with van der Waals surface area (Å²) in [7, 11) is 0. The molecule has 5 aromatic carbocycles. The molecule has 0 unspecified atom stereocenters. The average Bonchev–Trinajstić information content (AvgIpc) is 3.09. The van der Waals surface area contributed by atoms with Gasteiger partial charge in [0.15, 0.2) is 0 Å². The van der Waals surface area contributed by atoms with Crippen LogP contribution in [0.15, 0.2) is 133 Å². The van der Waals surface area contributed by atoms with Gasteiger partial charge in [-0.3, -0.25) is 4.79 Å². The predicted molar refractivity (Wildman–Crippen MR) is 178 cm³/mol. The van der Waals surface area contributed by atoms with Crippen LogP contribution in [-0.4, -0.2) is 39.5 Å². The lowest BCUT2D eigenvalue weighted by molar-refractivity contribution is -0.139. The van der Waals surface area contributed by atoms with E-state index in [1.54, 1.807) is 0 Å². The van der Waals surface area contributed by atoms with Crippen LogP contribution < -0.4 is 10.6 Å². The summed E-state index contributed by atoms with van der Waals surface area (Å²) in [6.45, 7) is 0.587. The first-order valence-corrected chi connectivity index (χ1v) is 14.9. The van der Waals surface area contributed by atoms with E-state index in [1.165, 1.54) is 11.1 Å². The predicted octanol–water partition coefficient (Wildman–Crippen LogP) is 7.04. The van der Waals surface area contributed by atoms with E-state index < -0.39 is 17.9 Å². The monoisotopic (exact) mass is 592 g/mol. The van der Waals surface area contributed by atoms with E-state index in [9.17, 15) is 14.7 Å². The lowest BCUT2D eigenvalue weighted by Gasteiger charge is -2.16. The van der Waals surface area contributed by atoms with Crippen LogP contribution in [0.25, 0.3) is 33.2 Å². The third-order valence-electron chi connectivity index (χ3n) is 7.68. The van der Waals surface area contributed by atoms with Crippen LogP contribution in [0.2, 0.25) is 0 Å². The Morgan fingerprint density at radius 3 is 1.76 bits per heavy atom. The van der Waals surface area contributed by atoms with Crippen molar-refractivity contribution in [3.63, 3.8) is 0 Å². The molecule has 0 radical (unpaired) electrons. The molecular weight excluding hydrogens is 560 g/mol. The molecule has 45 heavy (non-hydrogen) atoms. The van der Waals surface area contributed by atoms with Crippen LogP contribution in [0.4, 0.5) is 5.82 Å². The van der Waals surface area contributed by atoms with Crippen molar-refractivity contribution in [3.8, 4) is 22.3 Å². The molecule has 0 spiro atoms. The second kappa shape index (κ2) is 13.7. The summed E-state index contributed by atoms with van der Waals surface area (Å²) in [5.41, 5.74) is 6.99. The molecule has 0 saturated heterocycles. The molecule has 1 atom stereocenters. The number of rotatable bonds is 11. The topological polar surface area (TPSA) is 104 Å². The van der Waals surface area contributed by atoms with E-state index in [-0.39, 0.29) is 12.2 Å². The minimum atomic E-state index is -1.15. The molecule has 222 valence electrons. The van der Waals surface area contributed by atoms with Gasteiger partial charge in [-0.05, 0) is 51.9 Å². The summed E-state index contributed by atoms with van der Waals surface area (Å²) in [5.74, 6) is -1.34. The number of carbonyl (C=O) groups excluding carboxylic acids is 1. The highest BCUT2D eigenvalue weighted by atomic mass is 16.4. The number of benzene rings is 5. The third kappa shape index (κ3) is 7.22. The molecule has 1 heterocycles. The number of para-hydroxylation sites is 1. The van der Waals surface area contributed by atoms with Gasteiger partial charge in [-0.1, -0.05) is 121 Å². The fraction of sp³-hybridized carbons (Fsp3) is 0.105. The zero-order valence-corrected chi connectivity index (χ0v) is 24.6. The fourth-order valence-corrected chi connectivity index (χ4v) is 5.26. The molecule has 6 aromatic rings. The fourth-order valence-electron chi connectivity index (χ4n) is 5.26. The Labute approximate surface area is 261 Å². The Morgan fingerprint density at radius 1 is 0.622 bits per heavy atom. The van der Waals surface area contributed by atoms with Crippen molar-refractivity contribution in [1.29, 1.82) is 0 Å². The summed E-state index contributed by atoms with van der Waals surface area (Å²) in [4.78, 5) is 34.4. The number of fused-ring (bicyclic) bond motifs is 1. The number of nitrogens with one attached hydrogen (secondary N) is 2. The Balaban J connectivity index is 1.13. The maximum Gasteiger partial charge on any atom is 0.326 e. The van der Waals surface area contributed by atoms with Crippen molar-refractivity contribution >= 4 is 28.6 Å². The van der Waals surface area contributed by atoms with E-state index in [0.29, 0.717) is 17.9 Å². The molecule has 7 nitrogen and oxygen atoms in total. The summed E-state index contributed by atoms with van der Waals surface area (Å²) < 4.78 is 0. The number of carboxylic acid groups (broad SMARTS) is 1. The van der Waals surface area contributed by atoms with Crippen LogP contribution in [-0.2, 0) is 17.6 Å². The second-order valence-electron chi connectivity index (χ2n) is 10.8. The number of hydrogen-bond acceptors (Lipinski definition) is 5. The quantitative estimate of drug-likeness (QED) is 0.149. The van der Waals surface area contributed by atoms with E-state index in [0.717, 1.165) is 34.1 Å². The maximum atomic E-state index is 13.3. The smallest absolute Gasteiger partial charge is 0.326 e. The largest absolute Gasteiger partial charge is 0.480 e. The van der Waals surface area contributed by atoms with Gasteiger partial charge in [0.1, 0.15) is 11.9 Å². The lowest BCUT2D eigenvalue weighted by atomic mass is 10.0. The number of hydrogen-bond donors (Lipinski definition) is 3. The number of anilines is 1. The van der Waals surface area contributed by atoms with Crippen molar-refractivity contribution in [1.82, 2.24) is 15.3 Å². The first-order chi connectivity index (χ1) is 22.0. The van der Waals surface area contributed by atoms with Gasteiger partial charge >= 0.3 is 5.97 Å². The number of carbonyl (C=O) groups is 2. The van der Waals surface area contributed by atoms with E-state index >= 15 is 0 Å². The zero-order chi connectivity index (χ0) is 31.0. The molecule has 7 heteroatoms. The van der Waals surface area contributed by atoms with Gasteiger partial charge in [-0.25, -0.2) is 14.8 Å². The van der Waals surface area contributed by atoms with Crippen molar-refractivity contribution in [2.45, 2.75) is 18.9 Å². The number of aromatic nitrogens is 2. The summed E-state index contributed by atoms with van der Waals surface area (Å²) >= 11 is 0. The van der Waals surface area contributed by atoms with Crippen molar-refractivity contribution < 1.29 is 14.7 Å². The number of aliphatic carboxylic acids is 1. The molecule has 3 N–H and O–H groups in total. The van der Waals surface area contributed by atoms with Crippen LogP contribution in [0.3, 0.4) is 0 Å². The zero-order valence-electron chi connectivity index (χ0n) is 24.6. The Bertz CT molecular complexity index is 1910. The first-order valence-electron chi connectivity index (χ1n) is 14.9. The van der Waals surface area contributed by atoms with E-state index in [1.807, 2.05) is 97.1 Å². The maximum absolute atomic E-state index is 13.3. The molecule has 1 amide bonds. The lowest BCUT2D eigenvalue weighted by Crippen LogP contribution is -2.43. The minimum absolute atomic E-state index is 0.0888. The SMILES string of the molecule is O=C(N[C@@H](Cc1ccc(-c2ccccc2)cc1)C(=O)O)c1nc(NCCc2ccc(-c3ccccc3)cc2)c2ccccc2n1. The number of amides is 1. The molecule has 0 fully saturated rings. The highest BCUT2D eigenvalue weighted by Crippen LogP contribution is 2.23. The highest BCUT2D eigenvalue weighted by molar-refractivity contribution is 5.98. The van der Waals surface area contributed by atoms with Gasteiger partial charge in [0.2, 0.25) is 5.82 Å². The van der Waals surface area contributed by atoms with Crippen molar-refractivity contribution in [2.75, 3.05) is 11.9 Å². The van der Waals surface area contributed by atoms with Gasteiger partial charge in [0.25, 0.3) is 5.91 Å². The summed E-state index contributed by atoms with van der Waals surface area (Å²) in [5, 5.41) is 16.7. The van der Waals surface area contributed by atoms with E-state index in [4.69, 9.17) is 0 Å². The summed E-state index contributed by atoms with van der Waals surface area (Å²) in [6, 6.07) is 42.6. The van der Waals surface area contributed by atoms with Crippen LogP contribution in [0.5, 0.6) is 0 Å². The second-order valence-corrected chi connectivity index (χ2v) is 10.8. The highest BCUT2D eigenvalue weighted by Gasteiger charge is 2.23. The van der Waals surface area contributed by atoms with Crippen LogP contribution >= 0.6 is 0 Å². The normalized spacial score (nSPS) is 11.6.